The number of hydrogen-bond acceptors (Lipinski definition) is 5. The van der Waals surface area contributed by atoms with Gasteiger partial charge in [-0.3, -0.25) is 0 Å². The first kappa shape index (κ1) is 18.1. The van der Waals surface area contributed by atoms with Crippen molar-refractivity contribution >= 4 is 19.9 Å². The molecule has 0 amide bonds. The monoisotopic (exact) mass is 364 g/mol. The van der Waals surface area contributed by atoms with Crippen LogP contribution in [0.25, 0.3) is 0 Å². The SMILES string of the molecule is C[C@@H](NS(=O)(=O)c1cccc(C#N)c1)c1ccc(S(C)(=O)=O)cc1. The zero-order valence-corrected chi connectivity index (χ0v) is 14.7. The van der Waals surface area contributed by atoms with E-state index in [1.54, 1.807) is 19.1 Å². The van der Waals surface area contributed by atoms with Crippen molar-refractivity contribution in [2.45, 2.75) is 22.8 Å². The molecule has 0 fully saturated rings. The Balaban J connectivity index is 2.25. The average Bonchev–Trinajstić information content (AvgIpc) is 2.54. The van der Waals surface area contributed by atoms with Crippen molar-refractivity contribution in [3.05, 3.63) is 59.7 Å². The second-order valence-corrected chi connectivity index (χ2v) is 9.05. The van der Waals surface area contributed by atoms with E-state index in [-0.39, 0.29) is 15.4 Å². The van der Waals surface area contributed by atoms with Crippen molar-refractivity contribution in [1.29, 1.82) is 5.26 Å². The molecule has 2 aromatic carbocycles. The van der Waals surface area contributed by atoms with E-state index in [2.05, 4.69) is 4.72 Å². The number of hydrogen-bond donors (Lipinski definition) is 1. The smallest absolute Gasteiger partial charge is 0.224 e. The number of benzene rings is 2. The van der Waals surface area contributed by atoms with Gasteiger partial charge >= 0.3 is 0 Å². The van der Waals surface area contributed by atoms with E-state index in [0.717, 1.165) is 6.26 Å². The van der Waals surface area contributed by atoms with E-state index in [0.29, 0.717) is 5.56 Å². The number of sulfone groups is 1. The van der Waals surface area contributed by atoms with Gasteiger partial charge in [-0.25, -0.2) is 21.6 Å². The fourth-order valence-electron chi connectivity index (χ4n) is 2.11. The van der Waals surface area contributed by atoms with Crippen LogP contribution in [-0.4, -0.2) is 23.1 Å². The minimum atomic E-state index is -3.80. The standard InChI is InChI=1S/C16H16N2O4S2/c1-12(14-6-8-15(9-7-14)23(2,19)20)18-24(21,22)16-5-3-4-13(10-16)11-17/h3-10,12,18H,1-2H3/t12-/m1/s1. The van der Waals surface area contributed by atoms with Crippen LogP contribution in [0, 0.1) is 11.3 Å². The van der Waals surface area contributed by atoms with Gasteiger partial charge in [0.1, 0.15) is 0 Å². The Labute approximate surface area is 141 Å². The molecule has 1 N–H and O–H groups in total. The number of rotatable bonds is 5. The minimum Gasteiger partial charge on any atom is -0.224 e. The van der Waals surface area contributed by atoms with Gasteiger partial charge in [0, 0.05) is 12.3 Å². The van der Waals surface area contributed by atoms with Crippen LogP contribution >= 0.6 is 0 Å². The summed E-state index contributed by atoms with van der Waals surface area (Å²) in [5.74, 6) is 0. The van der Waals surface area contributed by atoms with Gasteiger partial charge in [-0.05, 0) is 42.8 Å². The van der Waals surface area contributed by atoms with Crippen LogP contribution in [0.2, 0.25) is 0 Å². The average molecular weight is 364 g/mol. The number of nitrogens with zero attached hydrogens (tertiary/aromatic N) is 1. The molecule has 0 aliphatic rings. The fraction of sp³-hybridized carbons (Fsp3) is 0.188. The molecule has 0 spiro atoms. The van der Waals surface area contributed by atoms with E-state index in [4.69, 9.17) is 5.26 Å². The Bertz CT molecular complexity index is 989. The molecule has 1 atom stereocenters. The van der Waals surface area contributed by atoms with E-state index in [9.17, 15) is 16.8 Å². The van der Waals surface area contributed by atoms with Crippen LogP contribution in [0.5, 0.6) is 0 Å². The lowest BCUT2D eigenvalue weighted by atomic mass is 10.1. The molecular weight excluding hydrogens is 348 g/mol. The molecule has 24 heavy (non-hydrogen) atoms. The molecular formula is C16H16N2O4S2. The van der Waals surface area contributed by atoms with Crippen LogP contribution in [0.15, 0.2) is 58.3 Å². The summed E-state index contributed by atoms with van der Waals surface area (Å²) in [7, 11) is -7.10. The Hall–Kier alpha value is -2.21. The Morgan fingerprint density at radius 3 is 2.17 bits per heavy atom. The van der Waals surface area contributed by atoms with Gasteiger partial charge in [0.2, 0.25) is 10.0 Å². The number of nitriles is 1. The quantitative estimate of drug-likeness (QED) is 0.874. The first-order chi connectivity index (χ1) is 11.1. The van der Waals surface area contributed by atoms with Gasteiger partial charge in [0.25, 0.3) is 0 Å². The molecule has 0 saturated carbocycles. The summed E-state index contributed by atoms with van der Waals surface area (Å²) in [6.07, 6.45) is 1.11. The molecule has 8 heteroatoms. The highest BCUT2D eigenvalue weighted by molar-refractivity contribution is 7.90. The second kappa shape index (κ2) is 6.73. The van der Waals surface area contributed by atoms with Crippen LogP contribution < -0.4 is 4.72 Å². The van der Waals surface area contributed by atoms with Gasteiger partial charge in [0.15, 0.2) is 9.84 Å². The second-order valence-electron chi connectivity index (χ2n) is 5.32. The molecule has 0 bridgehead atoms. The summed E-state index contributed by atoms with van der Waals surface area (Å²) in [6, 6.07) is 13.1. The van der Waals surface area contributed by atoms with Crippen LogP contribution in [-0.2, 0) is 19.9 Å². The summed E-state index contributed by atoms with van der Waals surface area (Å²) >= 11 is 0. The summed E-state index contributed by atoms with van der Waals surface area (Å²) in [5.41, 5.74) is 0.880. The van der Waals surface area contributed by atoms with E-state index >= 15 is 0 Å². The van der Waals surface area contributed by atoms with Crippen LogP contribution in [0.4, 0.5) is 0 Å². The molecule has 0 heterocycles. The zero-order valence-electron chi connectivity index (χ0n) is 13.1. The van der Waals surface area contributed by atoms with Gasteiger partial charge in [-0.1, -0.05) is 18.2 Å². The molecule has 0 aliphatic carbocycles. The predicted octanol–water partition coefficient (Wildman–Crippen LogP) is 2.00. The third-order valence-electron chi connectivity index (χ3n) is 3.41. The summed E-state index contributed by atoms with van der Waals surface area (Å²) < 4.78 is 50.2. The number of sulfonamides is 1. The molecule has 0 saturated heterocycles. The topological polar surface area (TPSA) is 104 Å². The van der Waals surface area contributed by atoms with Gasteiger partial charge in [-0.2, -0.15) is 5.26 Å². The zero-order chi connectivity index (χ0) is 18.0. The number of nitrogens with one attached hydrogen (secondary N) is 1. The molecule has 2 aromatic rings. The van der Waals surface area contributed by atoms with Gasteiger partial charge in [0.05, 0.1) is 21.4 Å². The maximum absolute atomic E-state index is 12.4. The van der Waals surface area contributed by atoms with Gasteiger partial charge < -0.3 is 0 Å². The van der Waals surface area contributed by atoms with Crippen molar-refractivity contribution in [1.82, 2.24) is 4.72 Å². The molecule has 2 rings (SSSR count). The summed E-state index contributed by atoms with van der Waals surface area (Å²) in [5, 5.41) is 8.87. The van der Waals surface area contributed by atoms with E-state index in [1.807, 2.05) is 6.07 Å². The minimum absolute atomic E-state index is 0.00107. The van der Waals surface area contributed by atoms with Crippen molar-refractivity contribution in [3.8, 4) is 6.07 Å². The largest absolute Gasteiger partial charge is 0.241 e. The highest BCUT2D eigenvalue weighted by Gasteiger charge is 2.19. The van der Waals surface area contributed by atoms with Crippen molar-refractivity contribution < 1.29 is 16.8 Å². The highest BCUT2D eigenvalue weighted by atomic mass is 32.2. The summed E-state index contributed by atoms with van der Waals surface area (Å²) in [6.45, 7) is 1.65. The molecule has 0 radical (unpaired) electrons. The van der Waals surface area contributed by atoms with Crippen LogP contribution in [0.3, 0.4) is 0 Å². The molecule has 0 aliphatic heterocycles. The van der Waals surface area contributed by atoms with E-state index in [1.165, 1.54) is 36.4 Å². The van der Waals surface area contributed by atoms with Crippen molar-refractivity contribution in [2.24, 2.45) is 0 Å². The normalized spacial score (nSPS) is 13.2. The maximum Gasteiger partial charge on any atom is 0.241 e. The maximum atomic E-state index is 12.4. The summed E-state index contributed by atoms with van der Waals surface area (Å²) in [4.78, 5) is 0.171. The molecule has 0 unspecified atom stereocenters. The Morgan fingerprint density at radius 1 is 1.00 bits per heavy atom. The lowest BCUT2D eigenvalue weighted by Crippen LogP contribution is -2.27. The lowest BCUT2D eigenvalue weighted by molar-refractivity contribution is 0.566. The van der Waals surface area contributed by atoms with Crippen molar-refractivity contribution in [3.63, 3.8) is 0 Å². The molecule has 126 valence electrons. The predicted molar refractivity (Wildman–Crippen MR) is 89.4 cm³/mol. The Morgan fingerprint density at radius 2 is 1.62 bits per heavy atom. The van der Waals surface area contributed by atoms with Crippen LogP contribution in [0.1, 0.15) is 24.1 Å². The van der Waals surface area contributed by atoms with E-state index < -0.39 is 25.9 Å². The fourth-order valence-corrected chi connectivity index (χ4v) is 4.01. The van der Waals surface area contributed by atoms with Crippen molar-refractivity contribution in [2.75, 3.05) is 6.26 Å². The third-order valence-corrected chi connectivity index (χ3v) is 6.08. The molecule has 0 aromatic heterocycles. The third kappa shape index (κ3) is 4.20. The van der Waals surface area contributed by atoms with Gasteiger partial charge in [-0.15, -0.1) is 0 Å². The first-order valence-corrected chi connectivity index (χ1v) is 10.3. The molecule has 6 nitrogen and oxygen atoms in total. The highest BCUT2D eigenvalue weighted by Crippen LogP contribution is 2.19. The first-order valence-electron chi connectivity index (χ1n) is 6.96. The lowest BCUT2D eigenvalue weighted by Gasteiger charge is -2.15. The Kier molecular flexibility index (Phi) is 5.08.